The van der Waals surface area contributed by atoms with Crippen molar-refractivity contribution in [3.8, 4) is 5.69 Å². The van der Waals surface area contributed by atoms with Crippen LogP contribution >= 0.6 is 0 Å². The maximum absolute atomic E-state index is 13.3. The molecule has 0 bridgehead atoms. The minimum atomic E-state index is -0.130. The lowest BCUT2D eigenvalue weighted by molar-refractivity contribution is 0.0913. The second kappa shape index (κ2) is 7.72. The van der Waals surface area contributed by atoms with Crippen molar-refractivity contribution in [3.05, 3.63) is 72.3 Å². The summed E-state index contributed by atoms with van der Waals surface area (Å²) in [6.45, 7) is 3.22. The van der Waals surface area contributed by atoms with E-state index in [1.54, 1.807) is 22.0 Å². The van der Waals surface area contributed by atoms with Crippen molar-refractivity contribution in [1.82, 2.24) is 14.8 Å². The predicted molar refractivity (Wildman–Crippen MR) is 103 cm³/mol. The SMILES string of the molecule is Cc1cc(C(=O)N(C[C@@H]2CCCO2)c2ccncc2)nn1-c1ccccc1. The fourth-order valence-electron chi connectivity index (χ4n) is 3.37. The third-order valence-electron chi connectivity index (χ3n) is 4.74. The van der Waals surface area contributed by atoms with Crippen molar-refractivity contribution in [2.24, 2.45) is 0 Å². The molecule has 6 nitrogen and oxygen atoms in total. The van der Waals surface area contributed by atoms with Crippen LogP contribution in [0.2, 0.25) is 0 Å². The maximum atomic E-state index is 13.3. The Morgan fingerprint density at radius 1 is 1.22 bits per heavy atom. The molecule has 3 aromatic rings. The molecule has 0 unspecified atom stereocenters. The van der Waals surface area contributed by atoms with Gasteiger partial charge in [0.25, 0.3) is 5.91 Å². The van der Waals surface area contributed by atoms with Gasteiger partial charge in [-0.15, -0.1) is 0 Å². The van der Waals surface area contributed by atoms with Crippen LogP contribution in [0.1, 0.15) is 29.0 Å². The number of hydrogen-bond acceptors (Lipinski definition) is 4. The van der Waals surface area contributed by atoms with Gasteiger partial charge >= 0.3 is 0 Å². The Labute approximate surface area is 158 Å². The normalized spacial score (nSPS) is 16.4. The summed E-state index contributed by atoms with van der Waals surface area (Å²) >= 11 is 0. The van der Waals surface area contributed by atoms with E-state index in [0.29, 0.717) is 12.2 Å². The number of carbonyl (C=O) groups is 1. The second-order valence-electron chi connectivity index (χ2n) is 6.67. The highest BCUT2D eigenvalue weighted by molar-refractivity contribution is 6.04. The summed E-state index contributed by atoms with van der Waals surface area (Å²) in [6.07, 6.45) is 5.44. The highest BCUT2D eigenvalue weighted by Gasteiger charge is 2.26. The number of pyridine rings is 1. The summed E-state index contributed by atoms with van der Waals surface area (Å²) < 4.78 is 7.55. The van der Waals surface area contributed by atoms with Crippen LogP contribution in [0.3, 0.4) is 0 Å². The van der Waals surface area contributed by atoms with Crippen LogP contribution in [-0.2, 0) is 4.74 Å². The number of para-hydroxylation sites is 1. The molecule has 1 aliphatic heterocycles. The summed E-state index contributed by atoms with van der Waals surface area (Å²) in [5, 5.41) is 4.57. The molecule has 4 rings (SSSR count). The zero-order valence-corrected chi connectivity index (χ0v) is 15.3. The van der Waals surface area contributed by atoms with Crippen molar-refractivity contribution in [2.45, 2.75) is 25.9 Å². The van der Waals surface area contributed by atoms with E-state index in [1.807, 2.05) is 55.5 Å². The molecule has 27 heavy (non-hydrogen) atoms. The Kier molecular flexibility index (Phi) is 4.98. The lowest BCUT2D eigenvalue weighted by Gasteiger charge is -2.24. The first-order valence-corrected chi connectivity index (χ1v) is 9.18. The number of benzene rings is 1. The smallest absolute Gasteiger partial charge is 0.278 e. The summed E-state index contributed by atoms with van der Waals surface area (Å²) in [7, 11) is 0. The van der Waals surface area contributed by atoms with Crippen LogP contribution in [-0.4, -0.2) is 39.9 Å². The molecule has 0 N–H and O–H groups in total. The van der Waals surface area contributed by atoms with E-state index in [9.17, 15) is 4.79 Å². The fraction of sp³-hybridized carbons (Fsp3) is 0.286. The van der Waals surface area contributed by atoms with Crippen molar-refractivity contribution >= 4 is 11.6 Å². The van der Waals surface area contributed by atoms with E-state index in [4.69, 9.17) is 4.74 Å². The van der Waals surface area contributed by atoms with Gasteiger partial charge in [0.2, 0.25) is 0 Å². The highest BCUT2D eigenvalue weighted by atomic mass is 16.5. The summed E-state index contributed by atoms with van der Waals surface area (Å²) in [5.74, 6) is -0.130. The second-order valence-corrected chi connectivity index (χ2v) is 6.67. The molecule has 2 aromatic heterocycles. The van der Waals surface area contributed by atoms with E-state index in [2.05, 4.69) is 10.1 Å². The molecule has 6 heteroatoms. The van der Waals surface area contributed by atoms with Gasteiger partial charge in [-0.05, 0) is 50.1 Å². The lowest BCUT2D eigenvalue weighted by Crippen LogP contribution is -2.37. The molecule has 1 aromatic carbocycles. The van der Waals surface area contributed by atoms with Crippen LogP contribution in [0.4, 0.5) is 5.69 Å². The minimum Gasteiger partial charge on any atom is -0.376 e. The highest BCUT2D eigenvalue weighted by Crippen LogP contribution is 2.21. The summed E-state index contributed by atoms with van der Waals surface area (Å²) in [5.41, 5.74) is 3.07. The van der Waals surface area contributed by atoms with Crippen LogP contribution < -0.4 is 4.90 Å². The Morgan fingerprint density at radius 3 is 2.70 bits per heavy atom. The van der Waals surface area contributed by atoms with Gasteiger partial charge in [0.1, 0.15) is 0 Å². The summed E-state index contributed by atoms with van der Waals surface area (Å²) in [4.78, 5) is 19.1. The third-order valence-corrected chi connectivity index (χ3v) is 4.74. The van der Waals surface area contributed by atoms with E-state index in [1.165, 1.54) is 0 Å². The van der Waals surface area contributed by atoms with Crippen molar-refractivity contribution < 1.29 is 9.53 Å². The largest absolute Gasteiger partial charge is 0.376 e. The predicted octanol–water partition coefficient (Wildman–Crippen LogP) is 3.40. The first-order valence-electron chi connectivity index (χ1n) is 9.18. The Balaban J connectivity index is 1.65. The third kappa shape index (κ3) is 3.75. The van der Waals surface area contributed by atoms with Crippen LogP contribution in [0.15, 0.2) is 60.9 Å². The van der Waals surface area contributed by atoms with Gasteiger partial charge in [0.15, 0.2) is 5.69 Å². The maximum Gasteiger partial charge on any atom is 0.278 e. The number of ether oxygens (including phenoxy) is 1. The van der Waals surface area contributed by atoms with Gasteiger partial charge in [-0.2, -0.15) is 5.10 Å². The van der Waals surface area contributed by atoms with Gasteiger partial charge in [-0.3, -0.25) is 9.78 Å². The first kappa shape index (κ1) is 17.4. The molecule has 138 valence electrons. The molecule has 0 aliphatic carbocycles. The van der Waals surface area contributed by atoms with Gasteiger partial charge in [0.05, 0.1) is 18.3 Å². The monoisotopic (exact) mass is 362 g/mol. The Hall–Kier alpha value is -2.99. The molecule has 1 aliphatic rings. The number of carbonyl (C=O) groups excluding carboxylic acids is 1. The molecular formula is C21H22N4O2. The van der Waals surface area contributed by atoms with Crippen LogP contribution in [0, 0.1) is 6.92 Å². The number of rotatable bonds is 5. The number of hydrogen-bond donors (Lipinski definition) is 0. The molecule has 1 fully saturated rings. The van der Waals surface area contributed by atoms with E-state index in [0.717, 1.165) is 36.5 Å². The van der Waals surface area contributed by atoms with Gasteiger partial charge < -0.3 is 9.64 Å². The number of nitrogens with zero attached hydrogens (tertiary/aromatic N) is 4. The quantitative estimate of drug-likeness (QED) is 0.698. The average molecular weight is 362 g/mol. The molecule has 0 spiro atoms. The number of aromatic nitrogens is 3. The van der Waals surface area contributed by atoms with E-state index < -0.39 is 0 Å². The number of aryl methyl sites for hydroxylation is 1. The zero-order chi connectivity index (χ0) is 18.6. The molecule has 0 radical (unpaired) electrons. The standard InChI is InChI=1S/C21H22N4O2/c1-16-14-20(23-25(16)18-6-3-2-4-7-18)21(26)24(15-19-8-5-13-27-19)17-9-11-22-12-10-17/h2-4,6-7,9-12,14,19H,5,8,13,15H2,1H3/t19-/m0/s1. The van der Waals surface area contributed by atoms with Gasteiger partial charge in [-0.25, -0.2) is 4.68 Å². The molecular weight excluding hydrogens is 340 g/mol. The van der Waals surface area contributed by atoms with Crippen molar-refractivity contribution in [3.63, 3.8) is 0 Å². The summed E-state index contributed by atoms with van der Waals surface area (Å²) in [6, 6.07) is 15.3. The number of anilines is 1. The zero-order valence-electron chi connectivity index (χ0n) is 15.3. The molecule has 1 saturated heterocycles. The first-order chi connectivity index (χ1) is 13.2. The fourth-order valence-corrected chi connectivity index (χ4v) is 3.37. The lowest BCUT2D eigenvalue weighted by atomic mass is 10.2. The van der Waals surface area contributed by atoms with Crippen molar-refractivity contribution in [2.75, 3.05) is 18.1 Å². The van der Waals surface area contributed by atoms with E-state index in [-0.39, 0.29) is 12.0 Å². The van der Waals surface area contributed by atoms with E-state index >= 15 is 0 Å². The molecule has 3 heterocycles. The van der Waals surface area contributed by atoms with Crippen LogP contribution in [0.5, 0.6) is 0 Å². The minimum absolute atomic E-state index is 0.0550. The van der Waals surface area contributed by atoms with Crippen molar-refractivity contribution in [1.29, 1.82) is 0 Å². The molecule has 1 atom stereocenters. The number of amides is 1. The Bertz CT molecular complexity index is 902. The van der Waals surface area contributed by atoms with Gasteiger partial charge in [0, 0.05) is 30.4 Å². The molecule has 0 saturated carbocycles. The van der Waals surface area contributed by atoms with Crippen LogP contribution in [0.25, 0.3) is 5.69 Å². The molecule has 1 amide bonds. The topological polar surface area (TPSA) is 60.3 Å². The average Bonchev–Trinajstić information content (AvgIpc) is 3.36. The Morgan fingerprint density at radius 2 is 2.00 bits per heavy atom. The van der Waals surface area contributed by atoms with Gasteiger partial charge in [-0.1, -0.05) is 18.2 Å².